The van der Waals surface area contributed by atoms with E-state index in [0.29, 0.717) is 0 Å². The van der Waals surface area contributed by atoms with Crippen molar-refractivity contribution in [2.24, 2.45) is 5.92 Å². The van der Waals surface area contributed by atoms with Crippen molar-refractivity contribution in [1.29, 1.82) is 0 Å². The van der Waals surface area contributed by atoms with Gasteiger partial charge in [-0.3, -0.25) is 9.59 Å². The normalized spacial score (nSPS) is 13.7. The largest absolute Gasteiger partial charge is 0.481 e. The Bertz CT molecular complexity index is 403. The number of carbonyl (C=O) groups is 2. The molecule has 0 aliphatic heterocycles. The molecule has 0 radical (unpaired) electrons. The molecule has 0 aromatic heterocycles. The summed E-state index contributed by atoms with van der Waals surface area (Å²) in [7, 11) is 0. The number of aliphatic carboxylic acids is 1. The van der Waals surface area contributed by atoms with Crippen LogP contribution in [-0.4, -0.2) is 34.7 Å². The molecule has 5 nitrogen and oxygen atoms in total. The van der Waals surface area contributed by atoms with Crippen LogP contribution in [0.4, 0.5) is 0 Å². The summed E-state index contributed by atoms with van der Waals surface area (Å²) in [5.41, 5.74) is 0.860. The second kappa shape index (κ2) is 6.76. The molecule has 0 saturated heterocycles. The van der Waals surface area contributed by atoms with Gasteiger partial charge < -0.3 is 15.5 Å². The number of carboxylic acid groups (broad SMARTS) is 1. The quantitative estimate of drug-likeness (QED) is 0.684. The minimum atomic E-state index is -1.12. The van der Waals surface area contributed by atoms with Crippen LogP contribution in [0.2, 0.25) is 0 Å². The minimum absolute atomic E-state index is 0.0708. The van der Waals surface area contributed by atoms with Gasteiger partial charge in [-0.1, -0.05) is 30.3 Å². The van der Waals surface area contributed by atoms with Crippen LogP contribution in [0.15, 0.2) is 30.3 Å². The van der Waals surface area contributed by atoms with Crippen molar-refractivity contribution in [3.8, 4) is 0 Å². The molecule has 98 valence electrons. The van der Waals surface area contributed by atoms with E-state index in [1.165, 1.54) is 6.92 Å². The Balaban J connectivity index is 2.44. The topological polar surface area (TPSA) is 86.6 Å². The summed E-state index contributed by atoms with van der Waals surface area (Å²) in [6, 6.07) is 9.16. The molecule has 0 spiro atoms. The van der Waals surface area contributed by atoms with Gasteiger partial charge in [0.2, 0.25) is 5.91 Å². The maximum absolute atomic E-state index is 11.6. The number of amides is 1. The number of hydrogen-bond donors (Lipinski definition) is 3. The van der Waals surface area contributed by atoms with E-state index in [9.17, 15) is 14.7 Å². The second-order valence-corrected chi connectivity index (χ2v) is 4.15. The van der Waals surface area contributed by atoms with E-state index in [-0.39, 0.29) is 18.9 Å². The predicted molar refractivity (Wildman–Crippen MR) is 66.0 cm³/mol. The monoisotopic (exact) mass is 251 g/mol. The Morgan fingerprint density at radius 3 is 2.39 bits per heavy atom. The van der Waals surface area contributed by atoms with Crippen LogP contribution in [0.5, 0.6) is 0 Å². The molecule has 1 aromatic rings. The molecular formula is C13H17NO4. The van der Waals surface area contributed by atoms with Crippen LogP contribution < -0.4 is 5.32 Å². The molecule has 0 fully saturated rings. The maximum Gasteiger partial charge on any atom is 0.310 e. The molecule has 0 heterocycles. The number of rotatable bonds is 6. The number of aliphatic hydroxyl groups is 1. The average molecular weight is 251 g/mol. The zero-order chi connectivity index (χ0) is 13.5. The van der Waals surface area contributed by atoms with Crippen LogP contribution in [0.1, 0.15) is 12.5 Å². The molecule has 0 unspecified atom stereocenters. The Morgan fingerprint density at radius 1 is 1.28 bits per heavy atom. The van der Waals surface area contributed by atoms with E-state index in [1.807, 2.05) is 30.3 Å². The van der Waals surface area contributed by atoms with Crippen LogP contribution in [0.25, 0.3) is 0 Å². The van der Waals surface area contributed by atoms with Gasteiger partial charge in [-0.15, -0.1) is 0 Å². The van der Waals surface area contributed by atoms with Gasteiger partial charge in [0.1, 0.15) is 0 Å². The molecule has 0 saturated carbocycles. The summed E-state index contributed by atoms with van der Waals surface area (Å²) in [4.78, 5) is 22.4. The number of hydrogen-bond acceptors (Lipinski definition) is 3. The van der Waals surface area contributed by atoms with Gasteiger partial charge in [-0.25, -0.2) is 0 Å². The van der Waals surface area contributed by atoms with Gasteiger partial charge in [0, 0.05) is 6.54 Å². The van der Waals surface area contributed by atoms with Crippen molar-refractivity contribution in [1.82, 2.24) is 5.32 Å². The standard InChI is InChI=1S/C13H17NO4/c1-9(15)11(13(17)18)8-14-12(16)7-10-5-3-2-4-6-10/h2-6,9,11,15H,7-8H2,1H3,(H,14,16)(H,17,18)/t9-,11+/m1/s1. The van der Waals surface area contributed by atoms with Crippen molar-refractivity contribution in [3.63, 3.8) is 0 Å². The van der Waals surface area contributed by atoms with E-state index < -0.39 is 18.0 Å². The van der Waals surface area contributed by atoms with E-state index in [2.05, 4.69) is 5.32 Å². The highest BCUT2D eigenvalue weighted by atomic mass is 16.4. The number of aliphatic hydroxyl groups excluding tert-OH is 1. The first kappa shape index (κ1) is 14.2. The molecular weight excluding hydrogens is 234 g/mol. The lowest BCUT2D eigenvalue weighted by Crippen LogP contribution is -2.38. The van der Waals surface area contributed by atoms with Crippen molar-refractivity contribution in [2.45, 2.75) is 19.4 Å². The van der Waals surface area contributed by atoms with Crippen molar-refractivity contribution >= 4 is 11.9 Å². The van der Waals surface area contributed by atoms with Gasteiger partial charge in [-0.05, 0) is 12.5 Å². The first-order valence-electron chi connectivity index (χ1n) is 5.72. The fourth-order valence-corrected chi connectivity index (χ4v) is 1.53. The molecule has 0 aliphatic rings. The van der Waals surface area contributed by atoms with Crippen molar-refractivity contribution < 1.29 is 19.8 Å². The summed E-state index contributed by atoms with van der Waals surface area (Å²) in [5.74, 6) is -2.36. The third-order valence-corrected chi connectivity index (χ3v) is 2.63. The average Bonchev–Trinajstić information content (AvgIpc) is 2.29. The van der Waals surface area contributed by atoms with Gasteiger partial charge >= 0.3 is 5.97 Å². The van der Waals surface area contributed by atoms with Crippen LogP contribution >= 0.6 is 0 Å². The Morgan fingerprint density at radius 2 is 1.89 bits per heavy atom. The number of nitrogens with one attached hydrogen (secondary N) is 1. The third-order valence-electron chi connectivity index (χ3n) is 2.63. The first-order valence-corrected chi connectivity index (χ1v) is 5.72. The summed E-state index contributed by atoms with van der Waals surface area (Å²) < 4.78 is 0. The first-order chi connectivity index (χ1) is 8.50. The third kappa shape index (κ3) is 4.55. The lowest BCUT2D eigenvalue weighted by atomic mass is 10.0. The van der Waals surface area contributed by atoms with E-state index >= 15 is 0 Å². The smallest absolute Gasteiger partial charge is 0.310 e. The number of benzene rings is 1. The molecule has 0 bridgehead atoms. The minimum Gasteiger partial charge on any atom is -0.481 e. The Labute approximate surface area is 105 Å². The Hall–Kier alpha value is -1.88. The lowest BCUT2D eigenvalue weighted by molar-refractivity contribution is -0.145. The molecule has 1 amide bonds. The fraction of sp³-hybridized carbons (Fsp3) is 0.385. The van der Waals surface area contributed by atoms with Gasteiger partial charge in [0.05, 0.1) is 18.4 Å². The second-order valence-electron chi connectivity index (χ2n) is 4.15. The molecule has 5 heteroatoms. The summed E-state index contributed by atoms with van der Waals surface area (Å²) in [5, 5.41) is 20.6. The highest BCUT2D eigenvalue weighted by molar-refractivity contribution is 5.79. The summed E-state index contributed by atoms with van der Waals surface area (Å²) in [6.45, 7) is 1.32. The van der Waals surface area contributed by atoms with Gasteiger partial charge in [0.25, 0.3) is 0 Å². The zero-order valence-electron chi connectivity index (χ0n) is 10.2. The van der Waals surface area contributed by atoms with E-state index in [0.717, 1.165) is 5.56 Å². The molecule has 0 aliphatic carbocycles. The lowest BCUT2D eigenvalue weighted by Gasteiger charge is -2.15. The summed E-state index contributed by atoms with van der Waals surface area (Å²) in [6.07, 6.45) is -0.799. The fourth-order valence-electron chi connectivity index (χ4n) is 1.53. The molecule has 2 atom stereocenters. The molecule has 18 heavy (non-hydrogen) atoms. The zero-order valence-corrected chi connectivity index (χ0v) is 10.2. The summed E-state index contributed by atoms with van der Waals surface area (Å²) >= 11 is 0. The number of carbonyl (C=O) groups excluding carboxylic acids is 1. The van der Waals surface area contributed by atoms with Crippen LogP contribution in [0, 0.1) is 5.92 Å². The van der Waals surface area contributed by atoms with Crippen LogP contribution in [0.3, 0.4) is 0 Å². The maximum atomic E-state index is 11.6. The predicted octanol–water partition coefficient (Wildman–Crippen LogP) is 0.427. The molecule has 1 aromatic carbocycles. The van der Waals surface area contributed by atoms with Crippen molar-refractivity contribution in [2.75, 3.05) is 6.54 Å². The van der Waals surface area contributed by atoms with Gasteiger partial charge in [0.15, 0.2) is 0 Å². The van der Waals surface area contributed by atoms with Gasteiger partial charge in [-0.2, -0.15) is 0 Å². The SMILES string of the molecule is C[C@@H](O)[C@H](CNC(=O)Cc1ccccc1)C(=O)O. The molecule has 1 rings (SSSR count). The highest BCUT2D eigenvalue weighted by Crippen LogP contribution is 2.03. The highest BCUT2D eigenvalue weighted by Gasteiger charge is 2.23. The molecule has 3 N–H and O–H groups in total. The number of carboxylic acids is 1. The van der Waals surface area contributed by atoms with E-state index in [1.54, 1.807) is 0 Å². The van der Waals surface area contributed by atoms with E-state index in [4.69, 9.17) is 5.11 Å². The van der Waals surface area contributed by atoms with Crippen molar-refractivity contribution in [3.05, 3.63) is 35.9 Å². The Kier molecular flexibility index (Phi) is 5.32. The van der Waals surface area contributed by atoms with Crippen LogP contribution in [-0.2, 0) is 16.0 Å².